The fourth-order valence-electron chi connectivity index (χ4n) is 5.99. The molecule has 0 saturated heterocycles. The second-order valence-corrected chi connectivity index (χ2v) is 11.6. The molecular weight excluding hydrogens is 552 g/mol. The van der Waals surface area contributed by atoms with Crippen LogP contribution in [0, 0.1) is 23.2 Å². The molecule has 220 valence electrons. The van der Waals surface area contributed by atoms with Crippen LogP contribution in [0.25, 0.3) is 22.4 Å². The van der Waals surface area contributed by atoms with Gasteiger partial charge in [0.2, 0.25) is 18.1 Å². The van der Waals surface area contributed by atoms with Crippen molar-refractivity contribution in [2.45, 2.75) is 57.9 Å². The molecule has 9 nitrogen and oxygen atoms in total. The van der Waals surface area contributed by atoms with Crippen molar-refractivity contribution in [3.05, 3.63) is 65.3 Å². The lowest BCUT2D eigenvalue weighted by Crippen LogP contribution is -2.35. The normalized spacial score (nSPS) is 17.6. The summed E-state index contributed by atoms with van der Waals surface area (Å²) in [5.74, 6) is 1.80. The van der Waals surface area contributed by atoms with Gasteiger partial charge in [0.25, 0.3) is 0 Å². The molecule has 10 heteroatoms. The van der Waals surface area contributed by atoms with E-state index in [9.17, 15) is 10.1 Å². The number of aromatic nitrogens is 4. The Morgan fingerprint density at radius 2 is 2.07 bits per heavy atom. The third-order valence-electron chi connectivity index (χ3n) is 8.03. The number of halogens is 1. The number of benzene rings is 2. The van der Waals surface area contributed by atoms with Gasteiger partial charge in [0.1, 0.15) is 5.52 Å². The average Bonchev–Trinajstić information content (AvgIpc) is 3.67. The monoisotopic (exact) mass is 588 g/mol. The number of nitrogens with zero attached hydrogens (tertiary/aromatic N) is 6. The molecule has 3 unspecified atom stereocenters. The second-order valence-electron chi connectivity index (χ2n) is 11.2. The zero-order valence-electron chi connectivity index (χ0n) is 24.0. The van der Waals surface area contributed by atoms with E-state index in [0.29, 0.717) is 66.9 Å². The van der Waals surface area contributed by atoms with Crippen LogP contribution in [0.5, 0.6) is 0 Å². The van der Waals surface area contributed by atoms with Gasteiger partial charge in [-0.25, -0.2) is 4.98 Å². The van der Waals surface area contributed by atoms with Crippen LogP contribution in [0.3, 0.4) is 0 Å². The van der Waals surface area contributed by atoms with Crippen molar-refractivity contribution in [2.24, 2.45) is 11.8 Å². The van der Waals surface area contributed by atoms with Crippen molar-refractivity contribution in [3.63, 3.8) is 0 Å². The molecule has 1 amide bonds. The predicted molar refractivity (Wildman–Crippen MR) is 161 cm³/mol. The largest absolute Gasteiger partial charge is 0.381 e. The van der Waals surface area contributed by atoms with Crippen LogP contribution < -0.4 is 0 Å². The minimum absolute atomic E-state index is 0.118. The SMILES string of the molecule is CCCOCCC(CN(C=O)CC1CCCC(Cn2cnc3c(Cl)cc(C#N)cc32)C1)c1nc(-c2ccccc2)no1. The Morgan fingerprint density at radius 3 is 2.86 bits per heavy atom. The van der Waals surface area contributed by atoms with Gasteiger partial charge in [0.05, 0.1) is 34.4 Å². The summed E-state index contributed by atoms with van der Waals surface area (Å²) in [5, 5.41) is 14.1. The number of ether oxygens (including phenoxy) is 1. The third kappa shape index (κ3) is 7.36. The first-order chi connectivity index (χ1) is 20.6. The van der Waals surface area contributed by atoms with Crippen LogP contribution in [-0.4, -0.2) is 57.3 Å². The third-order valence-corrected chi connectivity index (χ3v) is 8.32. The Morgan fingerprint density at radius 1 is 1.24 bits per heavy atom. The molecule has 0 spiro atoms. The summed E-state index contributed by atoms with van der Waals surface area (Å²) in [6.45, 7) is 5.33. The van der Waals surface area contributed by atoms with Crippen molar-refractivity contribution in [1.82, 2.24) is 24.6 Å². The number of hydrogen-bond donors (Lipinski definition) is 0. The summed E-state index contributed by atoms with van der Waals surface area (Å²) in [7, 11) is 0. The number of carbonyl (C=O) groups is 1. The standard InChI is InChI=1S/C32H37ClN6O3/c1-2-12-41-13-11-27(32-36-31(37-42-32)26-9-4-3-5-10-26)20-38(22-40)18-23-7-6-8-24(14-23)19-39-21-35-30-28(33)15-25(17-34)16-29(30)39/h3-5,9-10,15-16,21-24,27H,2,6-8,11-14,18-20H2,1H3. The highest BCUT2D eigenvalue weighted by molar-refractivity contribution is 6.35. The van der Waals surface area contributed by atoms with E-state index < -0.39 is 0 Å². The van der Waals surface area contributed by atoms with Gasteiger partial charge in [-0.15, -0.1) is 0 Å². The van der Waals surface area contributed by atoms with Crippen molar-refractivity contribution < 1.29 is 14.1 Å². The Labute approximate surface area is 251 Å². The molecule has 1 saturated carbocycles. The minimum Gasteiger partial charge on any atom is -0.381 e. The minimum atomic E-state index is -0.118. The number of nitriles is 1. The van der Waals surface area contributed by atoms with E-state index in [4.69, 9.17) is 25.8 Å². The van der Waals surface area contributed by atoms with Crippen LogP contribution in [-0.2, 0) is 16.1 Å². The number of hydrogen-bond acceptors (Lipinski definition) is 7. The Bertz CT molecular complexity index is 1500. The molecule has 2 heterocycles. The molecular formula is C32H37ClN6O3. The molecule has 0 radical (unpaired) electrons. The molecule has 0 bridgehead atoms. The molecule has 2 aromatic carbocycles. The highest BCUT2D eigenvalue weighted by atomic mass is 35.5. The average molecular weight is 589 g/mol. The van der Waals surface area contributed by atoms with E-state index in [-0.39, 0.29) is 5.92 Å². The Balaban J connectivity index is 1.24. The number of amides is 1. The Hall–Kier alpha value is -3.74. The van der Waals surface area contributed by atoms with Crippen molar-refractivity contribution in [1.29, 1.82) is 5.26 Å². The first kappa shape index (κ1) is 29.7. The van der Waals surface area contributed by atoms with Crippen LogP contribution in [0.1, 0.15) is 62.8 Å². The molecule has 4 aromatic rings. The highest BCUT2D eigenvalue weighted by Crippen LogP contribution is 2.33. The fourth-order valence-corrected chi connectivity index (χ4v) is 6.25. The fraction of sp³-hybridized carbons (Fsp3) is 0.469. The lowest BCUT2D eigenvalue weighted by molar-refractivity contribution is -0.119. The number of fused-ring (bicyclic) bond motifs is 1. The van der Waals surface area contributed by atoms with Crippen LogP contribution in [0.15, 0.2) is 53.3 Å². The van der Waals surface area contributed by atoms with Gasteiger partial charge < -0.3 is 18.7 Å². The lowest BCUT2D eigenvalue weighted by Gasteiger charge is -2.33. The molecule has 2 aromatic heterocycles. The maximum absolute atomic E-state index is 12.3. The Kier molecular flexibility index (Phi) is 10.2. The maximum Gasteiger partial charge on any atom is 0.231 e. The van der Waals surface area contributed by atoms with E-state index in [0.717, 1.165) is 61.7 Å². The van der Waals surface area contributed by atoms with Gasteiger partial charge >= 0.3 is 0 Å². The summed E-state index contributed by atoms with van der Waals surface area (Å²) < 4.78 is 13.6. The van der Waals surface area contributed by atoms with Gasteiger partial charge in [-0.05, 0) is 56.1 Å². The van der Waals surface area contributed by atoms with Gasteiger partial charge in [0.15, 0.2) is 0 Å². The van der Waals surface area contributed by atoms with Crippen molar-refractivity contribution in [3.8, 4) is 17.5 Å². The summed E-state index contributed by atoms with van der Waals surface area (Å²) in [6, 6.07) is 15.4. The smallest absolute Gasteiger partial charge is 0.231 e. The van der Waals surface area contributed by atoms with Gasteiger partial charge in [0, 0.05) is 38.4 Å². The van der Waals surface area contributed by atoms with E-state index in [1.807, 2.05) is 47.6 Å². The number of carbonyl (C=O) groups excluding carboxylic acids is 1. The topological polar surface area (TPSA) is 110 Å². The van der Waals surface area contributed by atoms with Crippen LogP contribution in [0.2, 0.25) is 5.02 Å². The second kappa shape index (κ2) is 14.4. The zero-order chi connectivity index (χ0) is 29.3. The van der Waals surface area contributed by atoms with Gasteiger partial charge in [-0.3, -0.25) is 4.79 Å². The molecule has 42 heavy (non-hydrogen) atoms. The van der Waals surface area contributed by atoms with Crippen LogP contribution in [0.4, 0.5) is 0 Å². The van der Waals surface area contributed by atoms with Crippen molar-refractivity contribution >= 4 is 29.0 Å². The van der Waals surface area contributed by atoms with Gasteiger partial charge in [-0.1, -0.05) is 60.4 Å². The molecule has 1 aliphatic carbocycles. The highest BCUT2D eigenvalue weighted by Gasteiger charge is 2.27. The molecule has 1 aliphatic rings. The predicted octanol–water partition coefficient (Wildman–Crippen LogP) is 6.48. The first-order valence-electron chi connectivity index (χ1n) is 14.8. The maximum atomic E-state index is 12.3. The molecule has 0 N–H and O–H groups in total. The van der Waals surface area contributed by atoms with E-state index in [1.54, 1.807) is 6.07 Å². The van der Waals surface area contributed by atoms with E-state index in [1.165, 1.54) is 0 Å². The summed E-state index contributed by atoms with van der Waals surface area (Å²) >= 11 is 6.37. The van der Waals surface area contributed by atoms with E-state index in [2.05, 4.69) is 27.7 Å². The summed E-state index contributed by atoms with van der Waals surface area (Å²) in [6.07, 6.45) is 8.73. The molecule has 3 atom stereocenters. The lowest BCUT2D eigenvalue weighted by atomic mass is 9.81. The number of rotatable bonds is 14. The van der Waals surface area contributed by atoms with Crippen LogP contribution >= 0.6 is 11.6 Å². The van der Waals surface area contributed by atoms with E-state index >= 15 is 0 Å². The quantitative estimate of drug-likeness (QED) is 0.122. The molecule has 5 rings (SSSR count). The first-order valence-corrected chi connectivity index (χ1v) is 15.2. The molecule has 0 aliphatic heterocycles. The summed E-state index contributed by atoms with van der Waals surface area (Å²) in [5.41, 5.74) is 3.04. The molecule has 1 fully saturated rings. The summed E-state index contributed by atoms with van der Waals surface area (Å²) in [4.78, 5) is 23.4. The number of imidazole rings is 1. The zero-order valence-corrected chi connectivity index (χ0v) is 24.7. The van der Waals surface area contributed by atoms with Crippen molar-refractivity contribution in [2.75, 3.05) is 26.3 Å². The van der Waals surface area contributed by atoms with Gasteiger partial charge in [-0.2, -0.15) is 10.2 Å².